The quantitative estimate of drug-likeness (QED) is 0.817. The third-order valence-corrected chi connectivity index (χ3v) is 2.71. The van der Waals surface area contributed by atoms with E-state index in [4.69, 9.17) is 11.6 Å². The summed E-state index contributed by atoms with van der Waals surface area (Å²) in [5, 5.41) is 5.85. The molecule has 0 heterocycles. The normalized spacial score (nSPS) is 11.8. The lowest BCUT2D eigenvalue weighted by molar-refractivity contribution is -0.117. The predicted octanol–water partition coefficient (Wildman–Crippen LogP) is 1.67. The lowest BCUT2D eigenvalue weighted by atomic mass is 10.1. The summed E-state index contributed by atoms with van der Waals surface area (Å²) in [6.45, 7) is 1.71. The van der Waals surface area contributed by atoms with Crippen molar-refractivity contribution in [1.82, 2.24) is 5.32 Å². The molecular weight excluding hydrogens is 256 g/mol. The monoisotopic (exact) mass is 270 g/mol. The van der Waals surface area contributed by atoms with Crippen molar-refractivity contribution in [1.29, 1.82) is 0 Å². The summed E-state index contributed by atoms with van der Waals surface area (Å²) in [6, 6.07) is 4.24. The van der Waals surface area contributed by atoms with Crippen molar-refractivity contribution in [2.75, 3.05) is 19.5 Å². The van der Waals surface area contributed by atoms with Crippen LogP contribution in [0.25, 0.3) is 0 Å². The number of hydrogen-bond acceptors (Lipinski definition) is 4. The van der Waals surface area contributed by atoms with Crippen LogP contribution in [-0.2, 0) is 9.53 Å². The van der Waals surface area contributed by atoms with E-state index >= 15 is 0 Å². The highest BCUT2D eigenvalue weighted by atomic mass is 35.5. The predicted molar refractivity (Wildman–Crippen MR) is 69.9 cm³/mol. The molecule has 5 nitrogen and oxygen atoms in total. The van der Waals surface area contributed by atoms with Gasteiger partial charge in [0.25, 0.3) is 0 Å². The Hall–Kier alpha value is -1.59. The second kappa shape index (κ2) is 6.37. The van der Waals surface area contributed by atoms with Crippen LogP contribution >= 0.6 is 11.6 Å². The molecule has 0 aliphatic carbocycles. The fourth-order valence-corrected chi connectivity index (χ4v) is 1.45. The fourth-order valence-electron chi connectivity index (χ4n) is 1.28. The molecule has 0 radical (unpaired) electrons. The topological polar surface area (TPSA) is 67.4 Å². The summed E-state index contributed by atoms with van der Waals surface area (Å²) in [5.41, 5.74) is 0.597. The maximum Gasteiger partial charge on any atom is 0.340 e. The Kier molecular flexibility index (Phi) is 5.12. The molecule has 18 heavy (non-hydrogen) atoms. The molecule has 0 bridgehead atoms. The van der Waals surface area contributed by atoms with Crippen LogP contribution in [0, 0.1) is 0 Å². The van der Waals surface area contributed by atoms with Gasteiger partial charge in [-0.05, 0) is 32.2 Å². The molecule has 1 unspecified atom stereocenters. The summed E-state index contributed by atoms with van der Waals surface area (Å²) in [5.74, 6) is -0.796. The average Bonchev–Trinajstić information content (AvgIpc) is 2.38. The van der Waals surface area contributed by atoms with Crippen molar-refractivity contribution in [3.8, 4) is 0 Å². The Labute approximate surface area is 110 Å². The van der Waals surface area contributed by atoms with Crippen molar-refractivity contribution >= 4 is 29.2 Å². The summed E-state index contributed by atoms with van der Waals surface area (Å²) in [7, 11) is 2.94. The Balaban J connectivity index is 3.01. The molecular formula is C12H15ClN2O3. The van der Waals surface area contributed by atoms with Gasteiger partial charge in [-0.15, -0.1) is 0 Å². The minimum absolute atomic E-state index is 0.224. The first kappa shape index (κ1) is 14.5. The molecule has 0 fully saturated rings. The number of carbonyl (C=O) groups is 2. The van der Waals surface area contributed by atoms with Crippen molar-refractivity contribution in [3.05, 3.63) is 28.8 Å². The minimum Gasteiger partial charge on any atom is -0.465 e. The van der Waals surface area contributed by atoms with Crippen LogP contribution in [0.5, 0.6) is 0 Å². The van der Waals surface area contributed by atoms with Crippen molar-refractivity contribution in [2.24, 2.45) is 0 Å². The standard InChI is InChI=1S/C12H15ClN2O3/c1-7(14-2)11(16)15-10-5-4-8(13)6-9(10)12(17)18-3/h4-7,14H,1-3H3,(H,15,16). The molecule has 0 aliphatic heterocycles. The Morgan fingerprint density at radius 1 is 1.39 bits per heavy atom. The van der Waals surface area contributed by atoms with E-state index in [9.17, 15) is 9.59 Å². The molecule has 0 saturated heterocycles. The van der Waals surface area contributed by atoms with Crippen LogP contribution in [0.3, 0.4) is 0 Å². The number of hydrogen-bond donors (Lipinski definition) is 2. The van der Waals surface area contributed by atoms with Crippen molar-refractivity contribution in [3.63, 3.8) is 0 Å². The highest BCUT2D eigenvalue weighted by molar-refractivity contribution is 6.31. The molecule has 1 rings (SSSR count). The second-order valence-electron chi connectivity index (χ2n) is 3.68. The van der Waals surface area contributed by atoms with Crippen molar-refractivity contribution < 1.29 is 14.3 Å². The highest BCUT2D eigenvalue weighted by Gasteiger charge is 2.16. The van der Waals surface area contributed by atoms with Crippen LogP contribution in [0.4, 0.5) is 5.69 Å². The summed E-state index contributed by atoms with van der Waals surface area (Å²) < 4.78 is 4.64. The second-order valence-corrected chi connectivity index (χ2v) is 4.12. The molecule has 1 aromatic rings. The Bertz CT molecular complexity index is 463. The van der Waals surface area contributed by atoms with Crippen LogP contribution < -0.4 is 10.6 Å². The van der Waals surface area contributed by atoms with Crippen LogP contribution in [0.15, 0.2) is 18.2 Å². The lowest BCUT2D eigenvalue weighted by Crippen LogP contribution is -2.35. The minimum atomic E-state index is -0.551. The van der Waals surface area contributed by atoms with Crippen LogP contribution in [0.2, 0.25) is 5.02 Å². The third kappa shape index (κ3) is 3.45. The number of rotatable bonds is 4. The van der Waals surface area contributed by atoms with E-state index in [0.29, 0.717) is 10.7 Å². The Morgan fingerprint density at radius 2 is 2.06 bits per heavy atom. The zero-order valence-corrected chi connectivity index (χ0v) is 11.2. The SMILES string of the molecule is CNC(C)C(=O)Nc1ccc(Cl)cc1C(=O)OC. The molecule has 1 aromatic carbocycles. The first-order valence-electron chi connectivity index (χ1n) is 5.35. The van der Waals surface area contributed by atoms with E-state index < -0.39 is 5.97 Å². The van der Waals surface area contributed by atoms with Crippen LogP contribution in [0.1, 0.15) is 17.3 Å². The van der Waals surface area contributed by atoms with Gasteiger partial charge in [0.15, 0.2) is 0 Å². The number of esters is 1. The van der Waals surface area contributed by atoms with E-state index in [1.807, 2.05) is 0 Å². The number of anilines is 1. The first-order chi connectivity index (χ1) is 8.49. The third-order valence-electron chi connectivity index (χ3n) is 2.47. The molecule has 1 amide bonds. The molecule has 0 spiro atoms. The lowest BCUT2D eigenvalue weighted by Gasteiger charge is -2.13. The Morgan fingerprint density at radius 3 is 2.61 bits per heavy atom. The molecule has 0 aromatic heterocycles. The van der Waals surface area contributed by atoms with Gasteiger partial charge >= 0.3 is 5.97 Å². The fraction of sp³-hybridized carbons (Fsp3) is 0.333. The molecule has 6 heteroatoms. The van der Waals surface area contributed by atoms with Gasteiger partial charge in [0.1, 0.15) is 0 Å². The van der Waals surface area contributed by atoms with Gasteiger partial charge in [0, 0.05) is 5.02 Å². The van der Waals surface area contributed by atoms with Gasteiger partial charge in [-0.1, -0.05) is 11.6 Å². The number of nitrogens with one attached hydrogen (secondary N) is 2. The smallest absolute Gasteiger partial charge is 0.340 e. The van der Waals surface area contributed by atoms with E-state index in [1.54, 1.807) is 26.1 Å². The van der Waals surface area contributed by atoms with E-state index in [0.717, 1.165) is 0 Å². The average molecular weight is 271 g/mol. The van der Waals surface area contributed by atoms with Gasteiger partial charge < -0.3 is 15.4 Å². The first-order valence-corrected chi connectivity index (χ1v) is 5.73. The van der Waals surface area contributed by atoms with Crippen molar-refractivity contribution in [2.45, 2.75) is 13.0 Å². The van der Waals surface area contributed by atoms with E-state index in [2.05, 4.69) is 15.4 Å². The number of halogens is 1. The summed E-state index contributed by atoms with van der Waals surface area (Å²) in [4.78, 5) is 23.3. The number of carbonyl (C=O) groups excluding carboxylic acids is 2. The molecule has 0 aliphatic rings. The number of benzene rings is 1. The van der Waals surface area contributed by atoms with Gasteiger partial charge in [-0.3, -0.25) is 4.79 Å². The summed E-state index contributed by atoms with van der Waals surface area (Å²) in [6.07, 6.45) is 0. The zero-order valence-electron chi connectivity index (χ0n) is 10.4. The van der Waals surface area contributed by atoms with Crippen LogP contribution in [-0.4, -0.2) is 32.1 Å². The number of likely N-dealkylation sites (N-methyl/N-ethyl adjacent to an activating group) is 1. The van der Waals surface area contributed by atoms with Gasteiger partial charge in [-0.25, -0.2) is 4.79 Å². The maximum atomic E-state index is 11.7. The van der Waals surface area contributed by atoms with Gasteiger partial charge in [0.05, 0.1) is 24.4 Å². The maximum absolute atomic E-state index is 11.7. The van der Waals surface area contributed by atoms with Gasteiger partial charge in [-0.2, -0.15) is 0 Å². The molecule has 1 atom stereocenters. The highest BCUT2D eigenvalue weighted by Crippen LogP contribution is 2.21. The molecule has 0 saturated carbocycles. The number of methoxy groups -OCH3 is 1. The van der Waals surface area contributed by atoms with E-state index in [-0.39, 0.29) is 17.5 Å². The molecule has 2 N–H and O–H groups in total. The number of amides is 1. The zero-order chi connectivity index (χ0) is 13.7. The van der Waals surface area contributed by atoms with E-state index in [1.165, 1.54) is 13.2 Å². The largest absolute Gasteiger partial charge is 0.465 e. The number of ether oxygens (including phenoxy) is 1. The van der Waals surface area contributed by atoms with Gasteiger partial charge in [0.2, 0.25) is 5.91 Å². The summed E-state index contributed by atoms with van der Waals surface area (Å²) >= 11 is 5.81. The molecule has 98 valence electrons.